The number of aliphatic hydroxyl groups is 1. The summed E-state index contributed by atoms with van der Waals surface area (Å²) < 4.78 is 1.98. The topological polar surface area (TPSA) is 38.1 Å². The Hall–Kier alpha value is -0.830. The van der Waals surface area contributed by atoms with Crippen molar-refractivity contribution in [2.45, 2.75) is 39.8 Å². The Morgan fingerprint density at radius 1 is 1.54 bits per heavy atom. The summed E-state index contributed by atoms with van der Waals surface area (Å²) in [5.74, 6) is 1.06. The van der Waals surface area contributed by atoms with Crippen molar-refractivity contribution in [3.8, 4) is 0 Å². The lowest BCUT2D eigenvalue weighted by Gasteiger charge is -2.17. The molecule has 1 N–H and O–H groups in total. The molecule has 0 fully saturated rings. The van der Waals surface area contributed by atoms with E-state index in [9.17, 15) is 5.11 Å². The maximum Gasteiger partial charge on any atom is 0.137 e. The lowest BCUT2D eigenvalue weighted by Crippen LogP contribution is -2.14. The Bertz CT molecular complexity index is 257. The minimum atomic E-state index is -0.431. The van der Waals surface area contributed by atoms with E-state index >= 15 is 0 Å². The highest BCUT2D eigenvalue weighted by atomic mass is 16.3. The van der Waals surface area contributed by atoms with Crippen LogP contribution in [0.4, 0.5) is 0 Å². The van der Waals surface area contributed by atoms with Gasteiger partial charge in [0.05, 0.1) is 0 Å². The van der Waals surface area contributed by atoms with Crippen LogP contribution in [0.2, 0.25) is 0 Å². The van der Waals surface area contributed by atoms with Gasteiger partial charge in [0, 0.05) is 18.9 Å². The van der Waals surface area contributed by atoms with Gasteiger partial charge in [0.1, 0.15) is 11.9 Å². The summed E-state index contributed by atoms with van der Waals surface area (Å²) in [4.78, 5) is 4.17. The van der Waals surface area contributed by atoms with E-state index < -0.39 is 6.10 Å². The molecular weight excluding hydrogens is 164 g/mol. The third-order valence-corrected chi connectivity index (χ3v) is 2.54. The molecule has 74 valence electrons. The standard InChI is InChI=1S/C10H18N2O/c1-4-8(3)9(13)10-11-6-7-12(10)5-2/h6-9,13H,4-5H2,1-3H3. The van der Waals surface area contributed by atoms with Crippen LogP contribution >= 0.6 is 0 Å². The Morgan fingerprint density at radius 2 is 2.23 bits per heavy atom. The molecule has 2 unspecified atom stereocenters. The largest absolute Gasteiger partial charge is 0.385 e. The van der Waals surface area contributed by atoms with Crippen LogP contribution in [0.3, 0.4) is 0 Å². The number of aryl methyl sites for hydroxylation is 1. The maximum atomic E-state index is 9.91. The Morgan fingerprint density at radius 3 is 2.77 bits per heavy atom. The van der Waals surface area contributed by atoms with Gasteiger partial charge in [-0.3, -0.25) is 0 Å². The van der Waals surface area contributed by atoms with Crippen molar-refractivity contribution in [1.82, 2.24) is 9.55 Å². The molecule has 0 aliphatic rings. The van der Waals surface area contributed by atoms with Gasteiger partial charge in [0.25, 0.3) is 0 Å². The monoisotopic (exact) mass is 182 g/mol. The molecule has 1 heterocycles. The molecule has 1 aromatic rings. The van der Waals surface area contributed by atoms with Gasteiger partial charge in [0.2, 0.25) is 0 Å². The summed E-state index contributed by atoms with van der Waals surface area (Å²) in [6, 6.07) is 0. The molecule has 0 amide bonds. The molecule has 0 saturated heterocycles. The summed E-state index contributed by atoms with van der Waals surface area (Å²) >= 11 is 0. The first-order valence-corrected chi connectivity index (χ1v) is 4.89. The first-order valence-electron chi connectivity index (χ1n) is 4.89. The normalized spacial score (nSPS) is 15.7. The SMILES string of the molecule is CCC(C)C(O)c1nccn1CC. The van der Waals surface area contributed by atoms with Crippen LogP contribution in [0.1, 0.15) is 39.1 Å². The molecule has 2 atom stereocenters. The van der Waals surface area contributed by atoms with Crippen molar-refractivity contribution in [2.24, 2.45) is 5.92 Å². The molecular formula is C10H18N2O. The minimum absolute atomic E-state index is 0.271. The third-order valence-electron chi connectivity index (χ3n) is 2.54. The summed E-state index contributed by atoms with van der Waals surface area (Å²) in [6.45, 7) is 7.03. The molecule has 3 nitrogen and oxygen atoms in total. The fraction of sp³-hybridized carbons (Fsp3) is 0.700. The number of nitrogens with zero attached hydrogens (tertiary/aromatic N) is 2. The number of imidazole rings is 1. The number of aliphatic hydroxyl groups excluding tert-OH is 1. The molecule has 0 aliphatic carbocycles. The second-order valence-electron chi connectivity index (χ2n) is 3.40. The molecule has 0 spiro atoms. The van der Waals surface area contributed by atoms with E-state index in [2.05, 4.69) is 18.8 Å². The van der Waals surface area contributed by atoms with Gasteiger partial charge in [-0.2, -0.15) is 0 Å². The van der Waals surface area contributed by atoms with Gasteiger partial charge in [-0.15, -0.1) is 0 Å². The molecule has 0 bridgehead atoms. The number of hydrogen-bond donors (Lipinski definition) is 1. The van der Waals surface area contributed by atoms with Gasteiger partial charge >= 0.3 is 0 Å². The molecule has 0 saturated carbocycles. The van der Waals surface area contributed by atoms with Crippen molar-refractivity contribution < 1.29 is 5.11 Å². The second kappa shape index (κ2) is 4.42. The van der Waals surface area contributed by atoms with Crippen LogP contribution < -0.4 is 0 Å². The second-order valence-corrected chi connectivity index (χ2v) is 3.40. The first-order chi connectivity index (χ1) is 6.20. The lowest BCUT2D eigenvalue weighted by molar-refractivity contribution is 0.103. The number of hydrogen-bond acceptors (Lipinski definition) is 2. The Labute approximate surface area is 79.4 Å². The van der Waals surface area contributed by atoms with E-state index in [-0.39, 0.29) is 5.92 Å². The summed E-state index contributed by atoms with van der Waals surface area (Å²) in [6.07, 6.45) is 4.18. The number of aromatic nitrogens is 2. The van der Waals surface area contributed by atoms with Crippen LogP contribution in [0.15, 0.2) is 12.4 Å². The lowest BCUT2D eigenvalue weighted by atomic mass is 10.0. The summed E-state index contributed by atoms with van der Waals surface area (Å²) in [7, 11) is 0. The van der Waals surface area contributed by atoms with Crippen molar-refractivity contribution >= 4 is 0 Å². The van der Waals surface area contributed by atoms with Crippen LogP contribution in [0.5, 0.6) is 0 Å². The molecule has 1 rings (SSSR count). The van der Waals surface area contributed by atoms with Gasteiger partial charge in [-0.1, -0.05) is 20.3 Å². The zero-order chi connectivity index (χ0) is 9.84. The zero-order valence-electron chi connectivity index (χ0n) is 8.57. The molecule has 1 aromatic heterocycles. The van der Waals surface area contributed by atoms with Crippen LogP contribution in [0, 0.1) is 5.92 Å². The highest BCUT2D eigenvalue weighted by Crippen LogP contribution is 2.22. The van der Waals surface area contributed by atoms with E-state index in [4.69, 9.17) is 0 Å². The van der Waals surface area contributed by atoms with Gasteiger partial charge in [0.15, 0.2) is 0 Å². The smallest absolute Gasteiger partial charge is 0.137 e. The average Bonchev–Trinajstić information content (AvgIpc) is 2.62. The van der Waals surface area contributed by atoms with Crippen LogP contribution in [-0.4, -0.2) is 14.7 Å². The molecule has 0 radical (unpaired) electrons. The minimum Gasteiger partial charge on any atom is -0.385 e. The zero-order valence-corrected chi connectivity index (χ0v) is 8.57. The first kappa shape index (κ1) is 10.3. The predicted octanol–water partition coefficient (Wildman–Crippen LogP) is 1.98. The maximum absolute atomic E-state index is 9.91. The average molecular weight is 182 g/mol. The fourth-order valence-corrected chi connectivity index (χ4v) is 1.33. The van der Waals surface area contributed by atoms with E-state index in [1.54, 1.807) is 6.20 Å². The highest BCUT2D eigenvalue weighted by molar-refractivity contribution is 4.97. The number of rotatable bonds is 4. The van der Waals surface area contributed by atoms with Crippen molar-refractivity contribution in [1.29, 1.82) is 0 Å². The summed E-state index contributed by atoms with van der Waals surface area (Å²) in [5, 5.41) is 9.91. The van der Waals surface area contributed by atoms with Crippen LogP contribution in [0.25, 0.3) is 0 Å². The van der Waals surface area contributed by atoms with E-state index in [1.807, 2.05) is 17.7 Å². The molecule has 3 heteroatoms. The van der Waals surface area contributed by atoms with Gasteiger partial charge < -0.3 is 9.67 Å². The van der Waals surface area contributed by atoms with E-state index in [1.165, 1.54) is 0 Å². The molecule has 13 heavy (non-hydrogen) atoms. The highest BCUT2D eigenvalue weighted by Gasteiger charge is 2.18. The van der Waals surface area contributed by atoms with Crippen molar-refractivity contribution in [2.75, 3.05) is 0 Å². The van der Waals surface area contributed by atoms with E-state index in [0.717, 1.165) is 18.8 Å². The molecule has 0 aromatic carbocycles. The fourth-order valence-electron chi connectivity index (χ4n) is 1.33. The quantitative estimate of drug-likeness (QED) is 0.773. The van der Waals surface area contributed by atoms with E-state index in [0.29, 0.717) is 0 Å². The van der Waals surface area contributed by atoms with Crippen molar-refractivity contribution in [3.05, 3.63) is 18.2 Å². The Balaban J connectivity index is 2.81. The van der Waals surface area contributed by atoms with Crippen molar-refractivity contribution in [3.63, 3.8) is 0 Å². The molecule has 0 aliphatic heterocycles. The third kappa shape index (κ3) is 2.10. The van der Waals surface area contributed by atoms with Crippen LogP contribution in [-0.2, 0) is 6.54 Å². The van der Waals surface area contributed by atoms with Gasteiger partial charge in [-0.25, -0.2) is 4.98 Å². The summed E-state index contributed by atoms with van der Waals surface area (Å²) in [5.41, 5.74) is 0. The van der Waals surface area contributed by atoms with Gasteiger partial charge in [-0.05, 0) is 12.8 Å². The predicted molar refractivity (Wildman–Crippen MR) is 52.3 cm³/mol. The Kier molecular flexibility index (Phi) is 3.48.